The number of aromatic nitrogens is 1. The second kappa shape index (κ2) is 5.94. The average Bonchev–Trinajstić information content (AvgIpc) is 2.91. The summed E-state index contributed by atoms with van der Waals surface area (Å²) < 4.78 is 3.47. The minimum atomic E-state index is -0.391. The van der Waals surface area contributed by atoms with Crippen molar-refractivity contribution in [2.75, 3.05) is 0 Å². The van der Waals surface area contributed by atoms with Crippen molar-refractivity contribution in [2.45, 2.75) is 6.54 Å². The number of hydrogen-bond donors (Lipinski definition) is 1. The van der Waals surface area contributed by atoms with Gasteiger partial charge < -0.3 is 10.3 Å². The topological polar surface area (TPSA) is 48.0 Å². The van der Waals surface area contributed by atoms with Crippen LogP contribution in [0.25, 0.3) is 21.8 Å². The molecule has 1 amide bonds. The van der Waals surface area contributed by atoms with Gasteiger partial charge in [-0.05, 0) is 58.5 Å². The van der Waals surface area contributed by atoms with Crippen molar-refractivity contribution in [3.8, 4) is 0 Å². The number of fused-ring (bicyclic) bond motifs is 3. The Balaban J connectivity index is 2.01. The third-order valence-electron chi connectivity index (χ3n) is 4.32. The second-order valence-electron chi connectivity index (χ2n) is 5.79. The fourth-order valence-corrected chi connectivity index (χ4v) is 3.61. The third-order valence-corrected chi connectivity index (χ3v) is 5.04. The van der Waals surface area contributed by atoms with Gasteiger partial charge in [0.15, 0.2) is 0 Å². The van der Waals surface area contributed by atoms with Crippen LogP contribution < -0.4 is 5.73 Å². The Morgan fingerprint density at radius 1 is 0.917 bits per heavy atom. The van der Waals surface area contributed by atoms with Gasteiger partial charge in [0, 0.05) is 32.0 Å². The lowest BCUT2D eigenvalue weighted by atomic mass is 10.1. The maximum atomic E-state index is 11.9. The van der Waals surface area contributed by atoms with Gasteiger partial charge in [-0.25, -0.2) is 0 Å². The molecule has 0 spiro atoms. The predicted molar refractivity (Wildman–Crippen MR) is 106 cm³/mol. The van der Waals surface area contributed by atoms with Crippen LogP contribution in [0.3, 0.4) is 0 Å². The normalized spacial score (nSPS) is 11.2. The number of hydrogen-bond acceptors (Lipinski definition) is 1. The van der Waals surface area contributed by atoms with E-state index in [1.54, 1.807) is 6.07 Å². The molecular formula is C20H15IN2O. The fraction of sp³-hybridized carbons (Fsp3) is 0.0500. The Kier molecular flexibility index (Phi) is 3.76. The van der Waals surface area contributed by atoms with Gasteiger partial charge in [0.1, 0.15) is 0 Å². The number of carbonyl (C=O) groups is 1. The Bertz CT molecular complexity index is 1060. The predicted octanol–water partition coefficient (Wildman–Crippen LogP) is 4.55. The van der Waals surface area contributed by atoms with Crippen molar-refractivity contribution in [1.29, 1.82) is 0 Å². The van der Waals surface area contributed by atoms with Gasteiger partial charge >= 0.3 is 0 Å². The largest absolute Gasteiger partial charge is 0.366 e. The van der Waals surface area contributed by atoms with E-state index >= 15 is 0 Å². The highest BCUT2D eigenvalue weighted by Gasteiger charge is 2.15. The molecule has 0 saturated heterocycles. The minimum Gasteiger partial charge on any atom is -0.366 e. The summed E-state index contributed by atoms with van der Waals surface area (Å²) in [6, 6.07) is 22.4. The zero-order valence-corrected chi connectivity index (χ0v) is 15.0. The summed E-state index contributed by atoms with van der Waals surface area (Å²) in [5.41, 5.74) is 9.54. The molecule has 0 aliphatic carbocycles. The number of halogens is 1. The van der Waals surface area contributed by atoms with Gasteiger partial charge in [-0.15, -0.1) is 0 Å². The lowest BCUT2D eigenvalue weighted by molar-refractivity contribution is 0.100. The number of benzene rings is 3. The number of amides is 1. The molecule has 0 atom stereocenters. The molecule has 4 aromatic rings. The number of rotatable bonds is 3. The molecule has 1 heterocycles. The summed E-state index contributed by atoms with van der Waals surface area (Å²) in [5, 5.41) is 2.00. The van der Waals surface area contributed by atoms with Crippen LogP contribution in [0, 0.1) is 3.57 Å². The van der Waals surface area contributed by atoms with Crippen LogP contribution in [0.15, 0.2) is 66.7 Å². The van der Waals surface area contributed by atoms with Crippen LogP contribution >= 0.6 is 22.6 Å². The zero-order chi connectivity index (χ0) is 16.7. The van der Waals surface area contributed by atoms with Crippen molar-refractivity contribution in [3.63, 3.8) is 0 Å². The summed E-state index contributed by atoms with van der Waals surface area (Å²) in [6.07, 6.45) is 0. The van der Waals surface area contributed by atoms with Crippen molar-refractivity contribution in [1.82, 2.24) is 4.57 Å². The van der Waals surface area contributed by atoms with E-state index in [1.165, 1.54) is 9.13 Å². The summed E-state index contributed by atoms with van der Waals surface area (Å²) >= 11 is 2.31. The number of para-hydroxylation sites is 1. The molecular weight excluding hydrogens is 411 g/mol. The molecule has 4 heteroatoms. The maximum absolute atomic E-state index is 11.9. The Morgan fingerprint density at radius 3 is 2.38 bits per heavy atom. The highest BCUT2D eigenvalue weighted by atomic mass is 127. The van der Waals surface area contributed by atoms with Gasteiger partial charge in [0.05, 0.1) is 5.52 Å². The van der Waals surface area contributed by atoms with Gasteiger partial charge in [-0.3, -0.25) is 4.79 Å². The van der Waals surface area contributed by atoms with Crippen LogP contribution in [0.4, 0.5) is 0 Å². The van der Waals surface area contributed by atoms with Crippen molar-refractivity contribution < 1.29 is 4.79 Å². The van der Waals surface area contributed by atoms with E-state index in [2.05, 4.69) is 69.6 Å². The number of nitrogens with two attached hydrogens (primary N) is 1. The monoisotopic (exact) mass is 426 g/mol. The molecule has 0 aliphatic heterocycles. The minimum absolute atomic E-state index is 0.391. The summed E-state index contributed by atoms with van der Waals surface area (Å²) in [5.74, 6) is -0.391. The highest BCUT2D eigenvalue weighted by Crippen LogP contribution is 2.32. The van der Waals surface area contributed by atoms with Crippen molar-refractivity contribution in [3.05, 3.63) is 81.4 Å². The molecule has 24 heavy (non-hydrogen) atoms. The fourth-order valence-electron chi connectivity index (χ4n) is 3.25. The van der Waals surface area contributed by atoms with E-state index in [-0.39, 0.29) is 0 Å². The first-order valence-corrected chi connectivity index (χ1v) is 8.77. The maximum Gasteiger partial charge on any atom is 0.249 e. The van der Waals surface area contributed by atoms with Crippen LogP contribution in [0.5, 0.6) is 0 Å². The first kappa shape index (κ1) is 15.2. The van der Waals surface area contributed by atoms with E-state index < -0.39 is 5.91 Å². The summed E-state index contributed by atoms with van der Waals surface area (Å²) in [6.45, 7) is 0.753. The Labute approximate surface area is 153 Å². The van der Waals surface area contributed by atoms with Gasteiger partial charge in [0.25, 0.3) is 0 Å². The molecule has 0 fully saturated rings. The van der Waals surface area contributed by atoms with Gasteiger partial charge in [-0.1, -0.05) is 36.4 Å². The van der Waals surface area contributed by atoms with Gasteiger partial charge in [0.2, 0.25) is 5.91 Å². The smallest absolute Gasteiger partial charge is 0.249 e. The van der Waals surface area contributed by atoms with Crippen LogP contribution in [0.1, 0.15) is 15.9 Å². The molecule has 4 rings (SSSR count). The first-order chi connectivity index (χ1) is 11.6. The first-order valence-electron chi connectivity index (χ1n) is 7.69. The highest BCUT2D eigenvalue weighted by molar-refractivity contribution is 14.1. The van der Waals surface area contributed by atoms with Crippen LogP contribution in [-0.2, 0) is 6.54 Å². The Hall–Kier alpha value is -2.34. The summed E-state index contributed by atoms with van der Waals surface area (Å²) in [7, 11) is 0. The number of nitrogens with zero attached hydrogens (tertiary/aromatic N) is 1. The molecule has 0 bridgehead atoms. The molecule has 3 nitrogen and oxygen atoms in total. The lowest BCUT2D eigenvalue weighted by Gasteiger charge is -2.08. The Morgan fingerprint density at radius 2 is 1.62 bits per heavy atom. The average molecular weight is 426 g/mol. The quantitative estimate of drug-likeness (QED) is 0.481. The van der Waals surface area contributed by atoms with E-state index in [9.17, 15) is 4.79 Å². The van der Waals surface area contributed by atoms with Crippen molar-refractivity contribution >= 4 is 50.3 Å². The number of primary amides is 1. The molecule has 3 aromatic carbocycles. The standard InChI is InChI=1S/C20H15IN2O/c21-14-10-8-13(9-11-14)12-23-17-6-2-1-4-15(17)19-16(20(22)24)5-3-7-18(19)23/h1-11H,12H2,(H2,22,24). The molecule has 0 radical (unpaired) electrons. The van der Waals surface area contributed by atoms with Crippen molar-refractivity contribution in [2.24, 2.45) is 5.73 Å². The third kappa shape index (κ3) is 2.47. The van der Waals surface area contributed by atoms with Gasteiger partial charge in [-0.2, -0.15) is 0 Å². The SMILES string of the molecule is NC(=O)c1cccc2c1c1ccccc1n2Cc1ccc(I)cc1. The molecule has 1 aromatic heterocycles. The van der Waals surface area contributed by atoms with Crippen LogP contribution in [-0.4, -0.2) is 10.5 Å². The van der Waals surface area contributed by atoms with E-state index in [1.807, 2.05) is 18.2 Å². The van der Waals surface area contributed by atoms with Crippen LogP contribution in [0.2, 0.25) is 0 Å². The molecule has 0 saturated carbocycles. The van der Waals surface area contributed by atoms with E-state index in [0.717, 1.165) is 28.4 Å². The zero-order valence-electron chi connectivity index (χ0n) is 12.9. The van der Waals surface area contributed by atoms with E-state index in [4.69, 9.17) is 5.73 Å². The molecule has 118 valence electrons. The molecule has 0 aliphatic rings. The second-order valence-corrected chi connectivity index (χ2v) is 7.04. The molecule has 0 unspecified atom stereocenters. The van der Waals surface area contributed by atoms with E-state index in [0.29, 0.717) is 5.56 Å². The summed E-state index contributed by atoms with van der Waals surface area (Å²) in [4.78, 5) is 11.9. The molecule has 2 N–H and O–H groups in total. The number of carbonyl (C=O) groups excluding carboxylic acids is 1. The lowest BCUT2D eigenvalue weighted by Crippen LogP contribution is -2.11.